The molecule has 5 atom stereocenters. The van der Waals surface area contributed by atoms with E-state index in [9.17, 15) is 10.2 Å². The third-order valence-electron chi connectivity index (χ3n) is 4.90. The molecule has 4 aliphatic rings. The molecule has 2 nitrogen and oxygen atoms in total. The summed E-state index contributed by atoms with van der Waals surface area (Å²) in [6.45, 7) is 0. The van der Waals surface area contributed by atoms with Crippen LogP contribution in [0.1, 0.15) is 25.7 Å². The van der Waals surface area contributed by atoms with Crippen molar-refractivity contribution in [2.75, 3.05) is 0 Å². The minimum Gasteiger partial charge on any atom is -0.389 e. The molecule has 0 aromatic heterocycles. The molecule has 0 radical (unpaired) electrons. The van der Waals surface area contributed by atoms with E-state index in [0.717, 1.165) is 18.8 Å². The Balaban J connectivity index is 1.90. The molecule has 4 saturated carbocycles. The summed E-state index contributed by atoms with van der Waals surface area (Å²) >= 11 is 0. The van der Waals surface area contributed by atoms with E-state index in [4.69, 9.17) is 0 Å². The monoisotopic (exact) mass is 152 g/mol. The molecule has 4 aliphatic carbocycles. The van der Waals surface area contributed by atoms with Gasteiger partial charge in [-0.25, -0.2) is 0 Å². The molecular formula is C9H12O2. The van der Waals surface area contributed by atoms with Gasteiger partial charge >= 0.3 is 0 Å². The van der Waals surface area contributed by atoms with Crippen molar-refractivity contribution in [2.24, 2.45) is 17.3 Å². The van der Waals surface area contributed by atoms with Crippen molar-refractivity contribution in [1.82, 2.24) is 0 Å². The van der Waals surface area contributed by atoms with Gasteiger partial charge in [-0.15, -0.1) is 0 Å². The number of hydrogen-bond acceptors (Lipinski definition) is 2. The Morgan fingerprint density at radius 3 is 2.45 bits per heavy atom. The lowest BCUT2D eigenvalue weighted by atomic mass is 9.46. The summed E-state index contributed by atoms with van der Waals surface area (Å²) in [6, 6.07) is 0. The van der Waals surface area contributed by atoms with Gasteiger partial charge in [-0.2, -0.15) is 0 Å². The normalized spacial score (nSPS) is 81.3. The summed E-state index contributed by atoms with van der Waals surface area (Å²) in [6.07, 6.45) is 3.85. The van der Waals surface area contributed by atoms with Gasteiger partial charge in [-0.05, 0) is 31.1 Å². The molecular weight excluding hydrogens is 140 g/mol. The van der Waals surface area contributed by atoms with Gasteiger partial charge in [0.25, 0.3) is 0 Å². The highest BCUT2D eigenvalue weighted by atomic mass is 16.3. The van der Waals surface area contributed by atoms with Gasteiger partial charge in [0.1, 0.15) is 0 Å². The van der Waals surface area contributed by atoms with Crippen LogP contribution in [0, 0.1) is 17.3 Å². The third kappa shape index (κ3) is 0.308. The Morgan fingerprint density at radius 2 is 1.91 bits per heavy atom. The minimum absolute atomic E-state index is 0.227. The Hall–Kier alpha value is -0.0800. The van der Waals surface area contributed by atoms with Crippen molar-refractivity contribution in [2.45, 2.75) is 36.9 Å². The maximum absolute atomic E-state index is 9.95. The Kier molecular flexibility index (Phi) is 0.510. The Bertz CT molecular complexity index is 271. The van der Waals surface area contributed by atoms with Gasteiger partial charge < -0.3 is 10.2 Å². The largest absolute Gasteiger partial charge is 0.389 e. The van der Waals surface area contributed by atoms with Crippen LogP contribution in [-0.2, 0) is 0 Å². The second-order valence-electron chi connectivity index (χ2n) is 5.29. The maximum Gasteiger partial charge on any atom is 0.0742 e. The smallest absolute Gasteiger partial charge is 0.0742 e. The van der Waals surface area contributed by atoms with Crippen molar-refractivity contribution in [1.29, 1.82) is 0 Å². The van der Waals surface area contributed by atoms with Crippen LogP contribution in [0.3, 0.4) is 0 Å². The van der Waals surface area contributed by atoms with Crippen molar-refractivity contribution in [3.8, 4) is 0 Å². The molecule has 1 spiro atoms. The lowest BCUT2D eigenvalue weighted by Gasteiger charge is -2.60. The molecule has 0 aliphatic heterocycles. The molecule has 0 heterocycles. The standard InChI is InChI=1S/C9H12O2/c10-8-2-5-1-7(6(5)8)3-9(7,11)4-8/h5-6,10-11H,1-4H2. The highest BCUT2D eigenvalue weighted by Crippen LogP contribution is 2.88. The van der Waals surface area contributed by atoms with Crippen molar-refractivity contribution < 1.29 is 10.2 Å². The fraction of sp³-hybridized carbons (Fsp3) is 1.00. The molecule has 11 heavy (non-hydrogen) atoms. The van der Waals surface area contributed by atoms with Gasteiger partial charge in [0.2, 0.25) is 0 Å². The highest BCUT2D eigenvalue weighted by Gasteiger charge is 2.90. The summed E-state index contributed by atoms with van der Waals surface area (Å²) < 4.78 is 0. The van der Waals surface area contributed by atoms with Gasteiger partial charge in [-0.1, -0.05) is 0 Å². The van der Waals surface area contributed by atoms with Gasteiger partial charge in [0.05, 0.1) is 11.2 Å². The molecule has 5 unspecified atom stereocenters. The molecule has 0 aromatic carbocycles. The summed E-state index contributed by atoms with van der Waals surface area (Å²) in [5.41, 5.74) is -0.611. The van der Waals surface area contributed by atoms with Crippen molar-refractivity contribution in [3.05, 3.63) is 0 Å². The van der Waals surface area contributed by atoms with Crippen LogP contribution in [-0.4, -0.2) is 21.4 Å². The lowest BCUT2D eigenvalue weighted by molar-refractivity contribution is -0.205. The van der Waals surface area contributed by atoms with E-state index in [1.807, 2.05) is 0 Å². The summed E-state index contributed by atoms with van der Waals surface area (Å²) in [4.78, 5) is 0. The molecule has 0 bridgehead atoms. The van der Waals surface area contributed by atoms with Crippen LogP contribution in [0.15, 0.2) is 0 Å². The first kappa shape index (κ1) is 5.55. The molecule has 0 saturated heterocycles. The number of rotatable bonds is 0. The zero-order valence-corrected chi connectivity index (χ0v) is 6.38. The van der Waals surface area contributed by atoms with Crippen LogP contribution >= 0.6 is 0 Å². The van der Waals surface area contributed by atoms with Gasteiger partial charge in [0, 0.05) is 11.8 Å². The fourth-order valence-corrected chi connectivity index (χ4v) is 4.63. The molecule has 2 N–H and O–H groups in total. The SMILES string of the molecule is OC12CC3CC4(CC4(O)C1)C32. The molecule has 60 valence electrons. The molecule has 2 heteroatoms. The fourth-order valence-electron chi connectivity index (χ4n) is 4.63. The first-order valence-corrected chi connectivity index (χ1v) is 4.55. The first-order valence-electron chi connectivity index (χ1n) is 4.55. The molecule has 4 fully saturated rings. The maximum atomic E-state index is 9.95. The number of aliphatic hydroxyl groups is 2. The van der Waals surface area contributed by atoms with Crippen molar-refractivity contribution in [3.63, 3.8) is 0 Å². The third-order valence-corrected chi connectivity index (χ3v) is 4.90. The number of hydrogen-bond donors (Lipinski definition) is 2. The summed E-state index contributed by atoms with van der Waals surface area (Å²) in [7, 11) is 0. The molecule has 0 aromatic rings. The molecule has 4 rings (SSSR count). The van der Waals surface area contributed by atoms with E-state index in [1.165, 1.54) is 6.42 Å². The van der Waals surface area contributed by atoms with E-state index >= 15 is 0 Å². The predicted molar refractivity (Wildman–Crippen MR) is 37.8 cm³/mol. The first-order chi connectivity index (χ1) is 5.10. The molecule has 0 amide bonds. The zero-order valence-electron chi connectivity index (χ0n) is 6.38. The summed E-state index contributed by atoms with van der Waals surface area (Å²) in [5.74, 6) is 1.27. The average molecular weight is 152 g/mol. The quantitative estimate of drug-likeness (QED) is 0.523. The zero-order chi connectivity index (χ0) is 7.48. The second-order valence-corrected chi connectivity index (χ2v) is 5.29. The van der Waals surface area contributed by atoms with Crippen LogP contribution in [0.25, 0.3) is 0 Å². The van der Waals surface area contributed by atoms with E-state index in [0.29, 0.717) is 12.3 Å². The Labute approximate surface area is 65.2 Å². The topological polar surface area (TPSA) is 40.5 Å². The van der Waals surface area contributed by atoms with E-state index < -0.39 is 11.2 Å². The highest BCUT2D eigenvalue weighted by molar-refractivity contribution is 5.40. The van der Waals surface area contributed by atoms with Gasteiger partial charge in [-0.3, -0.25) is 0 Å². The minimum atomic E-state index is -0.421. The van der Waals surface area contributed by atoms with Crippen molar-refractivity contribution >= 4 is 0 Å². The lowest BCUT2D eigenvalue weighted by Crippen LogP contribution is -2.61. The average Bonchev–Trinajstić information content (AvgIpc) is 2.29. The van der Waals surface area contributed by atoms with Crippen LogP contribution < -0.4 is 0 Å². The van der Waals surface area contributed by atoms with E-state index in [1.54, 1.807) is 0 Å². The van der Waals surface area contributed by atoms with Crippen LogP contribution in [0.4, 0.5) is 0 Å². The predicted octanol–water partition coefficient (Wildman–Crippen LogP) is 0.282. The van der Waals surface area contributed by atoms with Gasteiger partial charge in [0.15, 0.2) is 0 Å². The van der Waals surface area contributed by atoms with E-state index in [2.05, 4.69) is 0 Å². The van der Waals surface area contributed by atoms with E-state index in [-0.39, 0.29) is 5.41 Å². The summed E-state index contributed by atoms with van der Waals surface area (Å²) in [5, 5.41) is 19.9. The van der Waals surface area contributed by atoms with Crippen LogP contribution in [0.2, 0.25) is 0 Å². The van der Waals surface area contributed by atoms with Crippen LogP contribution in [0.5, 0.6) is 0 Å². The Morgan fingerprint density at radius 1 is 1.09 bits per heavy atom. The second kappa shape index (κ2) is 1.01.